The average molecular weight is 509 g/mol. The summed E-state index contributed by atoms with van der Waals surface area (Å²) in [7, 11) is 0. The van der Waals surface area contributed by atoms with E-state index < -0.39 is 12.1 Å². The third kappa shape index (κ3) is 7.96. The van der Waals surface area contributed by atoms with Gasteiger partial charge in [-0.05, 0) is 85.9 Å². The Kier molecular flexibility index (Phi) is 9.83. The molecule has 2 amide bonds. The summed E-state index contributed by atoms with van der Waals surface area (Å²) in [6.45, 7) is 3.78. The quantitative estimate of drug-likeness (QED) is 0.384. The Balaban J connectivity index is 1.33. The van der Waals surface area contributed by atoms with E-state index in [0.717, 1.165) is 30.6 Å². The van der Waals surface area contributed by atoms with Crippen LogP contribution in [0, 0.1) is 5.92 Å². The number of fused-ring (bicyclic) bond motifs is 1. The number of urea groups is 1. The van der Waals surface area contributed by atoms with Gasteiger partial charge in [0.2, 0.25) is 0 Å². The molecule has 7 heteroatoms. The molecule has 0 radical (unpaired) electrons. The molecule has 0 heterocycles. The van der Waals surface area contributed by atoms with E-state index >= 15 is 0 Å². The van der Waals surface area contributed by atoms with Gasteiger partial charge < -0.3 is 24.8 Å². The Morgan fingerprint density at radius 3 is 2.51 bits per heavy atom. The maximum absolute atomic E-state index is 13.3. The molecule has 0 bridgehead atoms. The van der Waals surface area contributed by atoms with Crippen LogP contribution in [0.2, 0.25) is 0 Å². The molecule has 0 spiro atoms. The van der Waals surface area contributed by atoms with Crippen LogP contribution in [0.25, 0.3) is 0 Å². The van der Waals surface area contributed by atoms with Crippen molar-refractivity contribution >= 4 is 17.7 Å². The number of nitrogens with zero attached hydrogens (tertiary/aromatic N) is 1. The second kappa shape index (κ2) is 13.5. The Morgan fingerprint density at radius 1 is 1.03 bits per heavy atom. The van der Waals surface area contributed by atoms with E-state index in [-0.39, 0.29) is 6.03 Å². The summed E-state index contributed by atoms with van der Waals surface area (Å²) in [4.78, 5) is 26.5. The first-order valence-corrected chi connectivity index (χ1v) is 13.8. The highest BCUT2D eigenvalue weighted by Crippen LogP contribution is 2.27. The fourth-order valence-corrected chi connectivity index (χ4v) is 5.44. The number of amides is 2. The number of carbonyl (C=O) groups excluding carboxylic acids is 1. The minimum atomic E-state index is -0.960. The van der Waals surface area contributed by atoms with Gasteiger partial charge in [0.25, 0.3) is 0 Å². The number of carboxylic acids is 1. The van der Waals surface area contributed by atoms with Crippen molar-refractivity contribution in [3.8, 4) is 5.75 Å². The summed E-state index contributed by atoms with van der Waals surface area (Å²) in [5.41, 5.74) is 4.48. The van der Waals surface area contributed by atoms with Gasteiger partial charge in [-0.3, -0.25) is 0 Å². The molecule has 2 aliphatic carbocycles. The molecule has 0 saturated heterocycles. The molecule has 37 heavy (non-hydrogen) atoms. The van der Waals surface area contributed by atoms with Crippen molar-refractivity contribution in [1.82, 2.24) is 4.90 Å². The van der Waals surface area contributed by atoms with Gasteiger partial charge in [0, 0.05) is 25.3 Å². The number of aliphatic carboxylic acids is 1. The number of ether oxygens (including phenoxy) is 2. The smallest absolute Gasteiger partial charge is 0.333 e. The van der Waals surface area contributed by atoms with E-state index in [1.165, 1.54) is 49.7 Å². The summed E-state index contributed by atoms with van der Waals surface area (Å²) in [5, 5.41) is 12.4. The minimum Gasteiger partial charge on any atom is -0.492 e. The predicted octanol–water partition coefficient (Wildman–Crippen LogP) is 5.70. The second-order valence-electron chi connectivity index (χ2n) is 10.2. The topological polar surface area (TPSA) is 88.1 Å². The summed E-state index contributed by atoms with van der Waals surface area (Å²) in [5.74, 6) is 0.272. The van der Waals surface area contributed by atoms with E-state index in [1.807, 2.05) is 35.2 Å². The zero-order valence-electron chi connectivity index (χ0n) is 21.9. The van der Waals surface area contributed by atoms with Gasteiger partial charge >= 0.3 is 12.0 Å². The van der Waals surface area contributed by atoms with Crippen molar-refractivity contribution in [2.75, 3.05) is 31.6 Å². The molecule has 4 rings (SSSR count). The minimum absolute atomic E-state index is 0.0712. The van der Waals surface area contributed by atoms with Crippen molar-refractivity contribution in [1.29, 1.82) is 0 Å². The number of carbonyl (C=O) groups is 2. The number of hydrogen-bond donors (Lipinski definition) is 2. The molecular formula is C30H40N2O5. The first kappa shape index (κ1) is 27.0. The van der Waals surface area contributed by atoms with E-state index in [9.17, 15) is 14.7 Å². The maximum Gasteiger partial charge on any atom is 0.333 e. The zero-order valence-corrected chi connectivity index (χ0v) is 21.9. The highest BCUT2D eigenvalue weighted by Gasteiger charge is 2.22. The molecule has 1 saturated carbocycles. The fraction of sp³-hybridized carbons (Fsp3) is 0.533. The molecule has 1 atom stereocenters. The molecule has 0 aromatic heterocycles. The molecule has 2 aromatic rings. The number of rotatable bonds is 12. The van der Waals surface area contributed by atoms with Crippen LogP contribution >= 0.6 is 0 Å². The Hall–Kier alpha value is -3.06. The van der Waals surface area contributed by atoms with Crippen LogP contribution in [0.1, 0.15) is 62.1 Å². The molecule has 1 unspecified atom stereocenters. The number of hydrogen-bond acceptors (Lipinski definition) is 4. The summed E-state index contributed by atoms with van der Waals surface area (Å²) in [6, 6.07) is 13.6. The molecule has 7 nitrogen and oxygen atoms in total. The molecule has 2 aliphatic rings. The van der Waals surface area contributed by atoms with Gasteiger partial charge in [-0.25, -0.2) is 9.59 Å². The van der Waals surface area contributed by atoms with E-state index in [1.54, 1.807) is 6.92 Å². The first-order chi connectivity index (χ1) is 18.0. The van der Waals surface area contributed by atoms with Crippen molar-refractivity contribution < 1.29 is 24.2 Å². The highest BCUT2D eigenvalue weighted by molar-refractivity contribution is 5.89. The molecule has 1 fully saturated rings. The number of nitrogens with one attached hydrogen (secondary N) is 1. The van der Waals surface area contributed by atoms with E-state index in [2.05, 4.69) is 17.4 Å². The van der Waals surface area contributed by atoms with E-state index in [4.69, 9.17) is 9.47 Å². The number of anilines is 1. The zero-order chi connectivity index (χ0) is 26.0. The van der Waals surface area contributed by atoms with Gasteiger partial charge in [-0.2, -0.15) is 0 Å². The molecular weight excluding hydrogens is 468 g/mol. The molecule has 0 aliphatic heterocycles. The van der Waals surface area contributed by atoms with Crippen LogP contribution in [-0.4, -0.2) is 54.4 Å². The van der Waals surface area contributed by atoms with Crippen molar-refractivity contribution in [2.45, 2.75) is 70.8 Å². The number of benzene rings is 2. The summed E-state index contributed by atoms with van der Waals surface area (Å²) in [6.07, 6.45) is 8.95. The average Bonchev–Trinajstić information content (AvgIpc) is 3.37. The molecule has 200 valence electrons. The van der Waals surface area contributed by atoms with Crippen molar-refractivity contribution in [3.05, 3.63) is 59.2 Å². The number of aryl methyl sites for hydroxylation is 2. The lowest BCUT2D eigenvalue weighted by molar-refractivity contribution is -0.149. The van der Waals surface area contributed by atoms with Gasteiger partial charge in [0.15, 0.2) is 6.10 Å². The largest absolute Gasteiger partial charge is 0.492 e. The lowest BCUT2D eigenvalue weighted by Gasteiger charge is -2.30. The van der Waals surface area contributed by atoms with Crippen LogP contribution < -0.4 is 10.1 Å². The lowest BCUT2D eigenvalue weighted by Crippen LogP contribution is -2.41. The third-order valence-corrected chi connectivity index (χ3v) is 7.46. The Morgan fingerprint density at radius 2 is 1.78 bits per heavy atom. The lowest BCUT2D eigenvalue weighted by atomic mass is 9.89. The predicted molar refractivity (Wildman–Crippen MR) is 144 cm³/mol. The third-order valence-electron chi connectivity index (χ3n) is 7.46. The Labute approximate surface area is 220 Å². The van der Waals surface area contributed by atoms with Crippen LogP contribution in [0.5, 0.6) is 5.75 Å². The Bertz CT molecular complexity index is 1030. The van der Waals surface area contributed by atoms with Crippen molar-refractivity contribution in [2.24, 2.45) is 5.92 Å². The molecule has 2 aromatic carbocycles. The summed E-state index contributed by atoms with van der Waals surface area (Å²) >= 11 is 0. The van der Waals surface area contributed by atoms with Gasteiger partial charge in [-0.1, -0.05) is 37.5 Å². The SMILES string of the molecule is CCOC(Cc1ccc(OCCN(CC2CCCCC2)C(=O)Nc2ccc3c(c2)CCC3)cc1)C(=O)O. The van der Waals surface area contributed by atoms with Crippen LogP contribution in [0.15, 0.2) is 42.5 Å². The standard InChI is InChI=1S/C30H40N2O5/c1-2-36-28(29(33)34)19-22-11-15-27(16-12-22)37-18-17-32(21-23-7-4-3-5-8-23)30(35)31-26-14-13-24-9-6-10-25(24)20-26/h11-16,20,23,28H,2-10,17-19,21H2,1H3,(H,31,35)(H,33,34). The second-order valence-corrected chi connectivity index (χ2v) is 10.2. The van der Waals surface area contributed by atoms with Crippen LogP contribution in [0.4, 0.5) is 10.5 Å². The van der Waals surface area contributed by atoms with Crippen LogP contribution in [-0.2, 0) is 28.8 Å². The van der Waals surface area contributed by atoms with Crippen molar-refractivity contribution in [3.63, 3.8) is 0 Å². The number of carboxylic acid groups (broad SMARTS) is 1. The normalized spacial score (nSPS) is 16.1. The first-order valence-electron chi connectivity index (χ1n) is 13.8. The maximum atomic E-state index is 13.3. The van der Waals surface area contributed by atoms with Gasteiger partial charge in [-0.15, -0.1) is 0 Å². The fourth-order valence-electron chi connectivity index (χ4n) is 5.44. The van der Waals surface area contributed by atoms with Gasteiger partial charge in [0.05, 0.1) is 6.54 Å². The van der Waals surface area contributed by atoms with Gasteiger partial charge in [0.1, 0.15) is 12.4 Å². The monoisotopic (exact) mass is 508 g/mol. The highest BCUT2D eigenvalue weighted by atomic mass is 16.5. The summed E-state index contributed by atoms with van der Waals surface area (Å²) < 4.78 is 11.3. The van der Waals surface area contributed by atoms with E-state index in [0.29, 0.717) is 37.8 Å². The molecule has 2 N–H and O–H groups in total. The van der Waals surface area contributed by atoms with Crippen LogP contribution in [0.3, 0.4) is 0 Å².